The summed E-state index contributed by atoms with van der Waals surface area (Å²) in [6.07, 6.45) is 5.82. The third-order valence-corrected chi connectivity index (χ3v) is 4.16. The summed E-state index contributed by atoms with van der Waals surface area (Å²) in [7, 11) is 0. The van der Waals surface area contributed by atoms with Crippen molar-refractivity contribution in [2.75, 3.05) is 30.0 Å². The average Bonchev–Trinajstić information content (AvgIpc) is 2.40. The van der Waals surface area contributed by atoms with Crippen LogP contribution in [0.15, 0.2) is 24.3 Å². The third-order valence-electron chi connectivity index (χ3n) is 3.51. The van der Waals surface area contributed by atoms with Crippen LogP contribution >= 0.6 is 11.8 Å². The lowest BCUT2D eigenvalue weighted by molar-refractivity contribution is 0.555. The lowest BCUT2D eigenvalue weighted by atomic mass is 9.99. The Morgan fingerprint density at radius 1 is 1.41 bits per heavy atom. The Bertz CT molecular complexity index is 354. The molecule has 1 unspecified atom stereocenters. The quantitative estimate of drug-likeness (QED) is 0.870. The molecule has 1 aliphatic rings. The highest BCUT2D eigenvalue weighted by Crippen LogP contribution is 2.29. The summed E-state index contributed by atoms with van der Waals surface area (Å²) in [6.45, 7) is 1.92. The summed E-state index contributed by atoms with van der Waals surface area (Å²) in [5.41, 5.74) is 8.85. The minimum Gasteiger partial charge on any atom is -0.367 e. The van der Waals surface area contributed by atoms with E-state index in [-0.39, 0.29) is 0 Å². The standard InChI is InChI=1S/C14H22N2S/c1-17-10-8-13(11-15)16-9-4-6-12-5-2-3-7-14(12)16/h2-3,5,7,13H,4,6,8-11,15H2,1H3. The van der Waals surface area contributed by atoms with Crippen LogP contribution in [-0.4, -0.2) is 31.1 Å². The molecule has 2 N–H and O–H groups in total. The average molecular weight is 250 g/mol. The summed E-state index contributed by atoms with van der Waals surface area (Å²) in [6, 6.07) is 9.28. The molecular weight excluding hydrogens is 228 g/mol. The Morgan fingerprint density at radius 3 is 3.00 bits per heavy atom. The first-order valence-electron chi connectivity index (χ1n) is 6.40. The number of nitrogens with two attached hydrogens (primary N) is 1. The van der Waals surface area contributed by atoms with Gasteiger partial charge in [0, 0.05) is 24.8 Å². The van der Waals surface area contributed by atoms with Crippen LogP contribution in [0.1, 0.15) is 18.4 Å². The van der Waals surface area contributed by atoms with Gasteiger partial charge in [0.1, 0.15) is 0 Å². The molecule has 0 amide bonds. The van der Waals surface area contributed by atoms with Crippen LogP contribution < -0.4 is 10.6 Å². The van der Waals surface area contributed by atoms with Gasteiger partial charge in [0.15, 0.2) is 0 Å². The third kappa shape index (κ3) is 2.96. The summed E-state index contributed by atoms with van der Waals surface area (Å²) < 4.78 is 0. The Hall–Kier alpha value is -0.670. The van der Waals surface area contributed by atoms with Gasteiger partial charge in [0.05, 0.1) is 0 Å². The lowest BCUT2D eigenvalue weighted by Gasteiger charge is -2.37. The highest BCUT2D eigenvalue weighted by molar-refractivity contribution is 7.98. The van der Waals surface area contributed by atoms with E-state index < -0.39 is 0 Å². The van der Waals surface area contributed by atoms with Crippen LogP contribution in [0.25, 0.3) is 0 Å². The van der Waals surface area contributed by atoms with Gasteiger partial charge in [-0.25, -0.2) is 0 Å². The normalized spacial score (nSPS) is 16.7. The summed E-state index contributed by atoms with van der Waals surface area (Å²) in [5.74, 6) is 1.19. The molecule has 17 heavy (non-hydrogen) atoms. The highest BCUT2D eigenvalue weighted by Gasteiger charge is 2.22. The minimum atomic E-state index is 0.504. The zero-order valence-corrected chi connectivity index (χ0v) is 11.4. The predicted octanol–water partition coefficient (Wildman–Crippen LogP) is 2.52. The molecule has 0 aliphatic carbocycles. The Balaban J connectivity index is 2.15. The van der Waals surface area contributed by atoms with Gasteiger partial charge in [-0.2, -0.15) is 11.8 Å². The maximum absolute atomic E-state index is 5.95. The smallest absolute Gasteiger partial charge is 0.0420 e. The fourth-order valence-corrected chi connectivity index (χ4v) is 3.10. The van der Waals surface area contributed by atoms with E-state index in [4.69, 9.17) is 5.73 Å². The zero-order chi connectivity index (χ0) is 12.1. The van der Waals surface area contributed by atoms with Crippen LogP contribution in [-0.2, 0) is 6.42 Å². The number of hydrogen-bond acceptors (Lipinski definition) is 3. The van der Waals surface area contributed by atoms with E-state index in [9.17, 15) is 0 Å². The molecule has 3 heteroatoms. The maximum atomic E-state index is 5.95. The minimum absolute atomic E-state index is 0.504. The molecule has 0 saturated heterocycles. The van der Waals surface area contributed by atoms with Gasteiger partial charge in [-0.05, 0) is 42.9 Å². The van der Waals surface area contributed by atoms with Crippen molar-refractivity contribution in [3.8, 4) is 0 Å². The molecule has 0 radical (unpaired) electrons. The summed E-state index contributed by atoms with van der Waals surface area (Å²) in [4.78, 5) is 2.52. The van der Waals surface area contributed by atoms with Crippen molar-refractivity contribution in [2.24, 2.45) is 5.73 Å². The van der Waals surface area contributed by atoms with Crippen molar-refractivity contribution in [3.05, 3.63) is 29.8 Å². The second-order valence-electron chi connectivity index (χ2n) is 4.60. The second-order valence-corrected chi connectivity index (χ2v) is 5.58. The van der Waals surface area contributed by atoms with E-state index in [2.05, 4.69) is 35.4 Å². The van der Waals surface area contributed by atoms with Crippen LogP contribution in [0, 0.1) is 0 Å². The molecule has 1 aromatic carbocycles. The molecule has 0 saturated carbocycles. The van der Waals surface area contributed by atoms with Gasteiger partial charge in [0.2, 0.25) is 0 Å². The Labute approximate surface area is 109 Å². The summed E-state index contributed by atoms with van der Waals surface area (Å²) >= 11 is 1.91. The van der Waals surface area contributed by atoms with Crippen molar-refractivity contribution in [3.63, 3.8) is 0 Å². The fourth-order valence-electron chi connectivity index (χ4n) is 2.60. The van der Waals surface area contributed by atoms with Gasteiger partial charge in [-0.1, -0.05) is 18.2 Å². The van der Waals surface area contributed by atoms with Crippen LogP contribution in [0.4, 0.5) is 5.69 Å². The highest BCUT2D eigenvalue weighted by atomic mass is 32.2. The number of aryl methyl sites for hydroxylation is 1. The number of para-hydroxylation sites is 1. The van der Waals surface area contributed by atoms with Crippen molar-refractivity contribution in [2.45, 2.75) is 25.3 Å². The van der Waals surface area contributed by atoms with Crippen molar-refractivity contribution < 1.29 is 0 Å². The molecule has 0 spiro atoms. The van der Waals surface area contributed by atoms with E-state index >= 15 is 0 Å². The van der Waals surface area contributed by atoms with Gasteiger partial charge < -0.3 is 10.6 Å². The first kappa shape index (κ1) is 12.8. The Morgan fingerprint density at radius 2 is 2.24 bits per heavy atom. The van der Waals surface area contributed by atoms with E-state index in [1.807, 2.05) is 11.8 Å². The van der Waals surface area contributed by atoms with E-state index in [0.717, 1.165) is 13.1 Å². The number of benzene rings is 1. The van der Waals surface area contributed by atoms with Gasteiger partial charge >= 0.3 is 0 Å². The Kier molecular flexibility index (Phi) is 4.75. The zero-order valence-electron chi connectivity index (χ0n) is 10.6. The molecule has 1 aromatic rings. The largest absolute Gasteiger partial charge is 0.367 e. The molecule has 0 aromatic heterocycles. The molecule has 2 rings (SSSR count). The van der Waals surface area contributed by atoms with Gasteiger partial charge in [-0.15, -0.1) is 0 Å². The number of hydrogen-bond donors (Lipinski definition) is 1. The second kappa shape index (κ2) is 6.31. The van der Waals surface area contributed by atoms with Crippen LogP contribution in [0.3, 0.4) is 0 Å². The molecule has 1 atom stereocenters. The van der Waals surface area contributed by atoms with Crippen molar-refractivity contribution in [1.29, 1.82) is 0 Å². The van der Waals surface area contributed by atoms with Gasteiger partial charge in [-0.3, -0.25) is 0 Å². The van der Waals surface area contributed by atoms with Crippen molar-refractivity contribution in [1.82, 2.24) is 0 Å². The lowest BCUT2D eigenvalue weighted by Crippen LogP contribution is -2.43. The molecule has 0 fully saturated rings. The van der Waals surface area contributed by atoms with E-state index in [1.54, 1.807) is 0 Å². The predicted molar refractivity (Wildman–Crippen MR) is 78.0 cm³/mol. The van der Waals surface area contributed by atoms with Crippen LogP contribution in [0.2, 0.25) is 0 Å². The van der Waals surface area contributed by atoms with E-state index in [1.165, 1.54) is 36.3 Å². The molecule has 94 valence electrons. The van der Waals surface area contributed by atoms with Gasteiger partial charge in [0.25, 0.3) is 0 Å². The molecule has 0 bridgehead atoms. The topological polar surface area (TPSA) is 29.3 Å². The fraction of sp³-hybridized carbons (Fsp3) is 0.571. The molecular formula is C14H22N2S. The van der Waals surface area contributed by atoms with Crippen LogP contribution in [0.5, 0.6) is 0 Å². The van der Waals surface area contributed by atoms with Crippen molar-refractivity contribution >= 4 is 17.4 Å². The first-order chi connectivity index (χ1) is 8.36. The molecule has 1 aliphatic heterocycles. The first-order valence-corrected chi connectivity index (χ1v) is 7.79. The monoisotopic (exact) mass is 250 g/mol. The SMILES string of the molecule is CSCCC(CN)N1CCCc2ccccc21. The number of thioether (sulfide) groups is 1. The number of fused-ring (bicyclic) bond motifs is 1. The number of anilines is 1. The molecule has 2 nitrogen and oxygen atoms in total. The molecule has 1 heterocycles. The summed E-state index contributed by atoms with van der Waals surface area (Å²) in [5, 5.41) is 0. The number of nitrogens with zero attached hydrogens (tertiary/aromatic N) is 1. The maximum Gasteiger partial charge on any atom is 0.0420 e. The number of rotatable bonds is 5. The van der Waals surface area contributed by atoms with E-state index in [0.29, 0.717) is 6.04 Å².